The summed E-state index contributed by atoms with van der Waals surface area (Å²) in [7, 11) is 0. The molecular formula is C22H26FN3O2. The Labute approximate surface area is 165 Å². The lowest BCUT2D eigenvalue weighted by molar-refractivity contribution is 0.0975. The highest BCUT2D eigenvalue weighted by Crippen LogP contribution is 2.18. The lowest BCUT2D eigenvalue weighted by Crippen LogP contribution is -2.36. The summed E-state index contributed by atoms with van der Waals surface area (Å²) in [6.07, 6.45) is 2.04. The third-order valence-corrected chi connectivity index (χ3v) is 4.61. The fourth-order valence-corrected chi connectivity index (χ4v) is 3.01. The lowest BCUT2D eigenvalue weighted by atomic mass is 10.0. The van der Waals surface area contributed by atoms with Crippen molar-refractivity contribution < 1.29 is 13.9 Å². The van der Waals surface area contributed by atoms with Crippen LogP contribution < -0.4 is 10.6 Å². The fourth-order valence-electron chi connectivity index (χ4n) is 3.01. The van der Waals surface area contributed by atoms with E-state index in [1.54, 1.807) is 6.07 Å². The van der Waals surface area contributed by atoms with Crippen LogP contribution in [0.3, 0.4) is 0 Å². The van der Waals surface area contributed by atoms with Gasteiger partial charge in [0.1, 0.15) is 5.82 Å². The number of amides is 1. The molecule has 1 aliphatic rings. The SMILES string of the molecule is CC(C)c1cccc(NC(=NCC2CCCO2)NC(=O)c2cccc(F)c2)c1. The zero-order chi connectivity index (χ0) is 19.9. The highest BCUT2D eigenvalue weighted by atomic mass is 19.1. The quantitative estimate of drug-likeness (QED) is 0.597. The highest BCUT2D eigenvalue weighted by molar-refractivity contribution is 6.09. The van der Waals surface area contributed by atoms with Crippen molar-refractivity contribution in [3.05, 3.63) is 65.5 Å². The molecule has 1 unspecified atom stereocenters. The summed E-state index contributed by atoms with van der Waals surface area (Å²) in [4.78, 5) is 17.1. The Morgan fingerprint density at radius 2 is 2.07 bits per heavy atom. The van der Waals surface area contributed by atoms with E-state index in [2.05, 4.69) is 35.5 Å². The number of carbonyl (C=O) groups is 1. The van der Waals surface area contributed by atoms with E-state index in [0.29, 0.717) is 18.4 Å². The van der Waals surface area contributed by atoms with Gasteiger partial charge in [-0.15, -0.1) is 0 Å². The van der Waals surface area contributed by atoms with Crippen LogP contribution in [-0.2, 0) is 4.74 Å². The second-order valence-electron chi connectivity index (χ2n) is 7.19. The van der Waals surface area contributed by atoms with Crippen molar-refractivity contribution >= 4 is 17.6 Å². The van der Waals surface area contributed by atoms with Crippen LogP contribution in [0.4, 0.5) is 10.1 Å². The third kappa shape index (κ3) is 5.63. The average Bonchev–Trinajstić information content (AvgIpc) is 3.20. The maximum Gasteiger partial charge on any atom is 0.258 e. The number of aliphatic imine (C=N–C) groups is 1. The maximum atomic E-state index is 13.4. The normalized spacial score (nSPS) is 17.0. The summed E-state index contributed by atoms with van der Waals surface area (Å²) in [5.41, 5.74) is 2.25. The molecule has 1 amide bonds. The number of halogens is 1. The van der Waals surface area contributed by atoms with Gasteiger partial charge in [-0.05, 0) is 54.7 Å². The number of benzene rings is 2. The van der Waals surface area contributed by atoms with Gasteiger partial charge < -0.3 is 10.1 Å². The summed E-state index contributed by atoms with van der Waals surface area (Å²) in [6.45, 7) is 5.44. The minimum absolute atomic E-state index is 0.0601. The van der Waals surface area contributed by atoms with Crippen molar-refractivity contribution in [3.8, 4) is 0 Å². The molecule has 1 saturated heterocycles. The number of rotatable bonds is 5. The third-order valence-electron chi connectivity index (χ3n) is 4.61. The van der Waals surface area contributed by atoms with E-state index in [-0.39, 0.29) is 11.7 Å². The minimum atomic E-state index is -0.455. The largest absolute Gasteiger partial charge is 0.376 e. The van der Waals surface area contributed by atoms with Crippen molar-refractivity contribution in [1.82, 2.24) is 5.32 Å². The van der Waals surface area contributed by atoms with Crippen LogP contribution in [0.2, 0.25) is 0 Å². The average molecular weight is 383 g/mol. The lowest BCUT2D eigenvalue weighted by Gasteiger charge is -2.15. The summed E-state index contributed by atoms with van der Waals surface area (Å²) < 4.78 is 19.1. The Bertz CT molecular complexity index is 845. The monoisotopic (exact) mass is 383 g/mol. The van der Waals surface area contributed by atoms with Gasteiger partial charge in [-0.25, -0.2) is 9.38 Å². The topological polar surface area (TPSA) is 62.7 Å². The Morgan fingerprint density at radius 3 is 2.79 bits per heavy atom. The molecule has 0 radical (unpaired) electrons. The summed E-state index contributed by atoms with van der Waals surface area (Å²) in [6, 6.07) is 13.5. The number of carbonyl (C=O) groups excluding carboxylic acids is 1. The van der Waals surface area contributed by atoms with Crippen LogP contribution in [0, 0.1) is 5.82 Å². The van der Waals surface area contributed by atoms with E-state index < -0.39 is 11.7 Å². The molecule has 1 atom stereocenters. The van der Waals surface area contributed by atoms with E-state index in [1.807, 2.05) is 18.2 Å². The molecule has 2 aromatic rings. The Morgan fingerprint density at radius 1 is 1.25 bits per heavy atom. The minimum Gasteiger partial charge on any atom is -0.376 e. The predicted octanol–water partition coefficient (Wildman–Crippen LogP) is 4.33. The molecule has 28 heavy (non-hydrogen) atoms. The Balaban J connectivity index is 1.77. The zero-order valence-corrected chi connectivity index (χ0v) is 16.2. The first-order valence-corrected chi connectivity index (χ1v) is 9.61. The Kier molecular flexibility index (Phi) is 6.76. The van der Waals surface area contributed by atoms with Gasteiger partial charge in [0.2, 0.25) is 5.96 Å². The molecule has 0 aromatic heterocycles. The molecule has 0 bridgehead atoms. The number of hydrogen-bond donors (Lipinski definition) is 2. The van der Waals surface area contributed by atoms with E-state index in [9.17, 15) is 9.18 Å². The van der Waals surface area contributed by atoms with Gasteiger partial charge in [-0.3, -0.25) is 10.1 Å². The van der Waals surface area contributed by atoms with E-state index in [1.165, 1.54) is 23.8 Å². The van der Waals surface area contributed by atoms with E-state index in [4.69, 9.17) is 4.74 Å². The van der Waals surface area contributed by atoms with Gasteiger partial charge in [-0.2, -0.15) is 0 Å². The molecule has 1 aliphatic heterocycles. The van der Waals surface area contributed by atoms with Crippen molar-refractivity contribution in [2.24, 2.45) is 4.99 Å². The number of hydrogen-bond acceptors (Lipinski definition) is 3. The van der Waals surface area contributed by atoms with E-state index in [0.717, 1.165) is 25.1 Å². The molecule has 148 valence electrons. The Hall–Kier alpha value is -2.73. The molecular weight excluding hydrogens is 357 g/mol. The van der Waals surface area contributed by atoms with Crippen LogP contribution in [0.15, 0.2) is 53.5 Å². The number of guanidine groups is 1. The second kappa shape index (κ2) is 9.46. The first kappa shape index (κ1) is 20.0. The van der Waals surface area contributed by atoms with Crippen LogP contribution in [0.5, 0.6) is 0 Å². The van der Waals surface area contributed by atoms with E-state index >= 15 is 0 Å². The van der Waals surface area contributed by atoms with Crippen molar-refractivity contribution in [3.63, 3.8) is 0 Å². The van der Waals surface area contributed by atoms with Gasteiger partial charge in [-0.1, -0.05) is 32.0 Å². The number of nitrogens with zero attached hydrogens (tertiary/aromatic N) is 1. The summed E-state index contributed by atoms with van der Waals surface area (Å²) >= 11 is 0. The number of nitrogens with one attached hydrogen (secondary N) is 2. The van der Waals surface area contributed by atoms with Gasteiger partial charge in [0.25, 0.3) is 5.91 Å². The first-order chi connectivity index (χ1) is 13.5. The molecule has 5 nitrogen and oxygen atoms in total. The molecule has 6 heteroatoms. The summed E-state index contributed by atoms with van der Waals surface area (Å²) in [5, 5.41) is 5.94. The highest BCUT2D eigenvalue weighted by Gasteiger charge is 2.16. The van der Waals surface area contributed by atoms with Crippen LogP contribution in [-0.4, -0.2) is 31.1 Å². The van der Waals surface area contributed by atoms with Crippen LogP contribution in [0.25, 0.3) is 0 Å². The smallest absolute Gasteiger partial charge is 0.258 e. The zero-order valence-electron chi connectivity index (χ0n) is 16.2. The van der Waals surface area contributed by atoms with Gasteiger partial charge in [0.05, 0.1) is 12.6 Å². The van der Waals surface area contributed by atoms with Crippen molar-refractivity contribution in [2.45, 2.75) is 38.7 Å². The molecule has 0 saturated carbocycles. The number of ether oxygens (including phenoxy) is 1. The fraction of sp³-hybridized carbons (Fsp3) is 0.364. The van der Waals surface area contributed by atoms with Crippen LogP contribution >= 0.6 is 0 Å². The predicted molar refractivity (Wildman–Crippen MR) is 109 cm³/mol. The van der Waals surface area contributed by atoms with Crippen molar-refractivity contribution in [1.29, 1.82) is 0 Å². The molecule has 0 spiro atoms. The number of anilines is 1. The standard InChI is InChI=1S/C22H26FN3O2/c1-15(2)16-6-4-9-19(13-16)25-22(24-14-20-10-5-11-28-20)26-21(27)17-7-3-8-18(23)12-17/h3-4,6-9,12-13,15,20H,5,10-11,14H2,1-2H3,(H2,24,25,26,27). The second-order valence-corrected chi connectivity index (χ2v) is 7.19. The molecule has 2 aromatic carbocycles. The molecule has 0 aliphatic carbocycles. The van der Waals surface area contributed by atoms with Crippen LogP contribution in [0.1, 0.15) is 48.5 Å². The van der Waals surface area contributed by atoms with Gasteiger partial charge in [0, 0.05) is 17.9 Å². The molecule has 1 heterocycles. The van der Waals surface area contributed by atoms with Gasteiger partial charge in [0.15, 0.2) is 0 Å². The molecule has 3 rings (SSSR count). The van der Waals surface area contributed by atoms with Crippen molar-refractivity contribution in [2.75, 3.05) is 18.5 Å². The summed E-state index contributed by atoms with van der Waals surface area (Å²) in [5.74, 6) is -0.164. The molecule has 2 N–H and O–H groups in total. The maximum absolute atomic E-state index is 13.4. The molecule has 1 fully saturated rings. The van der Waals surface area contributed by atoms with Gasteiger partial charge >= 0.3 is 0 Å². The first-order valence-electron chi connectivity index (χ1n) is 9.61.